The Morgan fingerprint density at radius 1 is 1.55 bits per heavy atom. The van der Waals surface area contributed by atoms with Crippen molar-refractivity contribution in [1.29, 1.82) is 0 Å². The molecular formula is C11H13N3O4S2. The van der Waals surface area contributed by atoms with E-state index < -0.39 is 21.7 Å². The molecule has 0 bridgehead atoms. The van der Waals surface area contributed by atoms with Gasteiger partial charge in [-0.15, -0.1) is 0 Å². The van der Waals surface area contributed by atoms with Gasteiger partial charge in [-0.1, -0.05) is 0 Å². The molecule has 0 atom stereocenters. The highest BCUT2D eigenvalue weighted by molar-refractivity contribution is 7.89. The van der Waals surface area contributed by atoms with Gasteiger partial charge in [0.05, 0.1) is 5.69 Å². The van der Waals surface area contributed by atoms with Crippen LogP contribution < -0.4 is 0 Å². The van der Waals surface area contributed by atoms with Gasteiger partial charge in [0, 0.05) is 13.6 Å². The van der Waals surface area contributed by atoms with Gasteiger partial charge >= 0.3 is 5.97 Å². The molecule has 2 N–H and O–H groups in total. The van der Waals surface area contributed by atoms with Gasteiger partial charge in [-0.25, -0.2) is 13.2 Å². The summed E-state index contributed by atoms with van der Waals surface area (Å²) in [5.41, 5.74) is 0.568. The largest absolute Gasteiger partial charge is 0.476 e. The fourth-order valence-electron chi connectivity index (χ4n) is 1.76. The fourth-order valence-corrected chi connectivity index (χ4v) is 3.86. The molecule has 0 aliphatic carbocycles. The number of hydrogen-bond acceptors (Lipinski definition) is 5. The number of nitrogens with one attached hydrogen (secondary N) is 1. The van der Waals surface area contributed by atoms with E-state index in [1.807, 2.05) is 16.8 Å². The molecule has 0 aliphatic heterocycles. The highest BCUT2D eigenvalue weighted by Gasteiger charge is 2.31. The molecule has 0 fully saturated rings. The van der Waals surface area contributed by atoms with Gasteiger partial charge in [0.2, 0.25) is 10.0 Å². The van der Waals surface area contributed by atoms with Crippen LogP contribution in [0.5, 0.6) is 0 Å². The Bertz CT molecular complexity index is 719. The van der Waals surface area contributed by atoms with Gasteiger partial charge in [-0.05, 0) is 29.3 Å². The summed E-state index contributed by atoms with van der Waals surface area (Å²) in [5, 5.41) is 18.6. The average molecular weight is 315 g/mol. The van der Waals surface area contributed by atoms with Crippen LogP contribution in [0.25, 0.3) is 0 Å². The Balaban J connectivity index is 2.40. The third-order valence-corrected chi connectivity index (χ3v) is 5.44. The second-order valence-corrected chi connectivity index (χ2v) is 6.99. The SMILES string of the molecule is Cc1[nH]nc(C(=O)O)c1S(=O)(=O)N(C)Cc1ccsc1. The number of carboxylic acid groups (broad SMARTS) is 1. The Morgan fingerprint density at radius 3 is 2.80 bits per heavy atom. The van der Waals surface area contributed by atoms with Crippen molar-refractivity contribution < 1.29 is 18.3 Å². The van der Waals surface area contributed by atoms with Crippen molar-refractivity contribution in [3.63, 3.8) is 0 Å². The van der Waals surface area contributed by atoms with E-state index in [4.69, 9.17) is 5.11 Å². The molecule has 20 heavy (non-hydrogen) atoms. The Morgan fingerprint density at radius 2 is 2.25 bits per heavy atom. The van der Waals surface area contributed by atoms with Gasteiger partial charge in [0.1, 0.15) is 4.90 Å². The molecule has 0 saturated carbocycles. The molecule has 0 amide bonds. The predicted molar refractivity (Wildman–Crippen MR) is 73.3 cm³/mol. The standard InChI is InChI=1S/C11H13N3O4S2/c1-7-10(9(11(15)16)13-12-7)20(17,18)14(2)5-8-3-4-19-6-8/h3-4,6H,5H2,1-2H3,(H,12,13)(H,15,16). The first-order valence-corrected chi connectivity index (χ1v) is 7.98. The van der Waals surface area contributed by atoms with Crippen LogP contribution in [0.1, 0.15) is 21.7 Å². The number of aromatic carboxylic acids is 1. The zero-order valence-corrected chi connectivity index (χ0v) is 12.5. The number of aromatic nitrogens is 2. The van der Waals surface area contributed by atoms with Crippen molar-refractivity contribution in [2.24, 2.45) is 0 Å². The smallest absolute Gasteiger partial charge is 0.357 e. The van der Waals surface area contributed by atoms with Crippen LogP contribution in [-0.2, 0) is 16.6 Å². The molecule has 9 heteroatoms. The van der Waals surface area contributed by atoms with E-state index in [1.165, 1.54) is 25.3 Å². The molecule has 0 saturated heterocycles. The minimum atomic E-state index is -3.91. The molecule has 0 spiro atoms. The Hall–Kier alpha value is -1.71. The van der Waals surface area contributed by atoms with E-state index in [0.29, 0.717) is 0 Å². The molecule has 0 radical (unpaired) electrons. The molecule has 0 aliphatic rings. The molecule has 108 valence electrons. The summed E-state index contributed by atoms with van der Waals surface area (Å²) in [5.74, 6) is -1.38. The molecule has 7 nitrogen and oxygen atoms in total. The van der Waals surface area contributed by atoms with Crippen LogP contribution >= 0.6 is 11.3 Å². The number of sulfonamides is 1. The molecule has 2 heterocycles. The van der Waals surface area contributed by atoms with Crippen molar-refractivity contribution >= 4 is 27.3 Å². The van der Waals surface area contributed by atoms with E-state index in [1.54, 1.807) is 0 Å². The highest BCUT2D eigenvalue weighted by Crippen LogP contribution is 2.23. The summed E-state index contributed by atoms with van der Waals surface area (Å²) in [4.78, 5) is 10.8. The molecule has 0 unspecified atom stereocenters. The number of aromatic amines is 1. The summed E-state index contributed by atoms with van der Waals surface area (Å²) in [6, 6.07) is 1.82. The number of rotatable bonds is 5. The zero-order valence-electron chi connectivity index (χ0n) is 10.8. The second-order valence-electron chi connectivity index (χ2n) is 4.22. The van der Waals surface area contributed by atoms with E-state index in [-0.39, 0.29) is 17.1 Å². The van der Waals surface area contributed by atoms with Gasteiger partial charge in [0.25, 0.3) is 0 Å². The quantitative estimate of drug-likeness (QED) is 0.865. The molecule has 0 aromatic carbocycles. The maximum absolute atomic E-state index is 12.5. The van der Waals surface area contributed by atoms with E-state index >= 15 is 0 Å². The average Bonchev–Trinajstić information content (AvgIpc) is 2.98. The Labute approximate surface area is 119 Å². The summed E-state index contributed by atoms with van der Waals surface area (Å²) in [7, 11) is -2.51. The lowest BCUT2D eigenvalue weighted by atomic mass is 10.3. The third kappa shape index (κ3) is 2.60. The molecule has 2 rings (SSSR count). The first-order valence-electron chi connectivity index (χ1n) is 5.59. The monoisotopic (exact) mass is 315 g/mol. The van der Waals surface area contributed by atoms with Crippen molar-refractivity contribution in [3.8, 4) is 0 Å². The summed E-state index contributed by atoms with van der Waals surface area (Å²) >= 11 is 1.47. The van der Waals surface area contributed by atoms with Crippen LogP contribution in [0, 0.1) is 6.92 Å². The van der Waals surface area contributed by atoms with Crippen LogP contribution in [0.4, 0.5) is 0 Å². The Kier molecular flexibility index (Phi) is 3.93. The predicted octanol–water partition coefficient (Wildman–Crippen LogP) is 1.30. The van der Waals surface area contributed by atoms with Crippen molar-refractivity contribution in [2.45, 2.75) is 18.4 Å². The second kappa shape index (κ2) is 5.35. The number of carboxylic acids is 1. The number of aryl methyl sites for hydroxylation is 1. The van der Waals surface area contributed by atoms with Gasteiger partial charge in [0.15, 0.2) is 5.69 Å². The van der Waals surface area contributed by atoms with Crippen LogP contribution in [-0.4, -0.2) is 41.0 Å². The first-order chi connectivity index (χ1) is 9.34. The van der Waals surface area contributed by atoms with Crippen molar-refractivity contribution in [3.05, 3.63) is 33.8 Å². The normalized spacial score (nSPS) is 11.9. The van der Waals surface area contributed by atoms with E-state index in [2.05, 4.69) is 10.2 Å². The maximum Gasteiger partial charge on any atom is 0.357 e. The number of hydrogen-bond donors (Lipinski definition) is 2. The lowest BCUT2D eigenvalue weighted by Crippen LogP contribution is -2.28. The minimum absolute atomic E-state index is 0.176. The summed E-state index contributed by atoms with van der Waals surface area (Å²) in [6.45, 7) is 1.65. The lowest BCUT2D eigenvalue weighted by Gasteiger charge is -2.16. The number of carbonyl (C=O) groups is 1. The topological polar surface area (TPSA) is 103 Å². The van der Waals surface area contributed by atoms with Crippen molar-refractivity contribution in [1.82, 2.24) is 14.5 Å². The molecule has 2 aromatic heterocycles. The highest BCUT2D eigenvalue weighted by atomic mass is 32.2. The summed E-state index contributed by atoms with van der Waals surface area (Å²) < 4.78 is 26.1. The number of thiophene rings is 1. The van der Waals surface area contributed by atoms with Crippen LogP contribution in [0.3, 0.4) is 0 Å². The zero-order chi connectivity index (χ0) is 14.9. The minimum Gasteiger partial charge on any atom is -0.476 e. The van der Waals surface area contributed by atoms with Crippen molar-refractivity contribution in [2.75, 3.05) is 7.05 Å². The van der Waals surface area contributed by atoms with E-state index in [0.717, 1.165) is 9.87 Å². The summed E-state index contributed by atoms with van der Waals surface area (Å²) in [6.07, 6.45) is 0. The molecule has 2 aromatic rings. The number of H-pyrrole nitrogens is 1. The number of nitrogens with zero attached hydrogens (tertiary/aromatic N) is 2. The van der Waals surface area contributed by atoms with Crippen LogP contribution in [0.2, 0.25) is 0 Å². The fraction of sp³-hybridized carbons (Fsp3) is 0.273. The first kappa shape index (κ1) is 14.7. The third-order valence-electron chi connectivity index (χ3n) is 2.75. The van der Waals surface area contributed by atoms with Gasteiger partial charge in [-0.3, -0.25) is 5.10 Å². The van der Waals surface area contributed by atoms with Crippen LogP contribution in [0.15, 0.2) is 21.7 Å². The lowest BCUT2D eigenvalue weighted by molar-refractivity contribution is 0.0686. The van der Waals surface area contributed by atoms with E-state index in [9.17, 15) is 13.2 Å². The van der Waals surface area contributed by atoms with Gasteiger partial charge < -0.3 is 5.11 Å². The molecular weight excluding hydrogens is 302 g/mol. The maximum atomic E-state index is 12.5. The van der Waals surface area contributed by atoms with Gasteiger partial charge in [-0.2, -0.15) is 20.7 Å².